The van der Waals surface area contributed by atoms with Gasteiger partial charge in [0.2, 0.25) is 0 Å². The zero-order valence-corrected chi connectivity index (χ0v) is 8.94. The SMILES string of the molecule is CCNC1CCCC1OCCC(F)(F)F. The second-order valence-electron chi connectivity index (χ2n) is 3.87. The van der Waals surface area contributed by atoms with E-state index in [4.69, 9.17) is 4.74 Å². The van der Waals surface area contributed by atoms with Crippen LogP contribution in [-0.2, 0) is 4.74 Å². The van der Waals surface area contributed by atoms with Gasteiger partial charge in [-0.25, -0.2) is 0 Å². The van der Waals surface area contributed by atoms with Crippen molar-refractivity contribution in [1.82, 2.24) is 5.32 Å². The minimum Gasteiger partial charge on any atom is -0.376 e. The van der Waals surface area contributed by atoms with E-state index in [-0.39, 0.29) is 18.8 Å². The maximum Gasteiger partial charge on any atom is 0.391 e. The van der Waals surface area contributed by atoms with Crippen LogP contribution < -0.4 is 5.32 Å². The number of halogens is 3. The van der Waals surface area contributed by atoms with Crippen molar-refractivity contribution in [2.24, 2.45) is 0 Å². The molecule has 2 atom stereocenters. The molecule has 0 radical (unpaired) electrons. The van der Waals surface area contributed by atoms with Crippen molar-refractivity contribution in [3.05, 3.63) is 0 Å². The molecule has 0 spiro atoms. The Morgan fingerprint density at radius 2 is 2.07 bits per heavy atom. The smallest absolute Gasteiger partial charge is 0.376 e. The number of likely N-dealkylation sites (N-methyl/N-ethyl adjacent to an activating group) is 1. The lowest BCUT2D eigenvalue weighted by Gasteiger charge is -2.21. The number of rotatable bonds is 5. The summed E-state index contributed by atoms with van der Waals surface area (Å²) in [6.07, 6.45) is -2.07. The van der Waals surface area contributed by atoms with E-state index in [0.29, 0.717) is 0 Å². The lowest BCUT2D eigenvalue weighted by molar-refractivity contribution is -0.149. The van der Waals surface area contributed by atoms with Crippen molar-refractivity contribution in [3.63, 3.8) is 0 Å². The molecule has 5 heteroatoms. The summed E-state index contributed by atoms with van der Waals surface area (Å²) in [6.45, 7) is 2.62. The highest BCUT2D eigenvalue weighted by atomic mass is 19.4. The molecular formula is C10H18F3NO. The van der Waals surface area contributed by atoms with Crippen LogP contribution in [0.25, 0.3) is 0 Å². The van der Waals surface area contributed by atoms with E-state index in [1.165, 1.54) is 0 Å². The van der Waals surface area contributed by atoms with Gasteiger partial charge in [0.15, 0.2) is 0 Å². The molecule has 0 aliphatic heterocycles. The molecule has 0 heterocycles. The normalized spacial score (nSPS) is 27.2. The molecule has 0 amide bonds. The molecular weight excluding hydrogens is 207 g/mol. The highest BCUT2D eigenvalue weighted by Crippen LogP contribution is 2.24. The van der Waals surface area contributed by atoms with Gasteiger partial charge in [-0.1, -0.05) is 6.92 Å². The minimum atomic E-state index is -4.10. The minimum absolute atomic E-state index is 0.0349. The van der Waals surface area contributed by atoms with Gasteiger partial charge in [-0.05, 0) is 25.8 Å². The third-order valence-corrected chi connectivity index (χ3v) is 2.64. The van der Waals surface area contributed by atoms with Crippen LogP contribution in [0.2, 0.25) is 0 Å². The topological polar surface area (TPSA) is 21.3 Å². The predicted octanol–water partition coefficient (Wildman–Crippen LogP) is 2.49. The second-order valence-corrected chi connectivity index (χ2v) is 3.87. The van der Waals surface area contributed by atoms with Crippen molar-refractivity contribution in [2.45, 2.75) is 50.9 Å². The molecule has 0 aromatic rings. The highest BCUT2D eigenvalue weighted by Gasteiger charge is 2.30. The number of nitrogens with one attached hydrogen (secondary N) is 1. The predicted molar refractivity (Wildman–Crippen MR) is 51.7 cm³/mol. The van der Waals surface area contributed by atoms with Crippen molar-refractivity contribution in [2.75, 3.05) is 13.2 Å². The van der Waals surface area contributed by atoms with Crippen molar-refractivity contribution in [3.8, 4) is 0 Å². The Morgan fingerprint density at radius 3 is 2.67 bits per heavy atom. The Morgan fingerprint density at radius 1 is 1.33 bits per heavy atom. The first-order valence-electron chi connectivity index (χ1n) is 5.44. The van der Waals surface area contributed by atoms with Gasteiger partial charge in [-0.2, -0.15) is 13.2 Å². The molecule has 90 valence electrons. The largest absolute Gasteiger partial charge is 0.391 e. The van der Waals surface area contributed by atoms with Gasteiger partial charge in [0.1, 0.15) is 0 Å². The summed E-state index contributed by atoms with van der Waals surface area (Å²) in [4.78, 5) is 0. The molecule has 1 rings (SSSR count). The van der Waals surface area contributed by atoms with Crippen LogP contribution in [0.4, 0.5) is 13.2 Å². The fraction of sp³-hybridized carbons (Fsp3) is 1.00. The Bertz CT molecular complexity index is 184. The highest BCUT2D eigenvalue weighted by molar-refractivity contribution is 4.83. The summed E-state index contributed by atoms with van der Waals surface area (Å²) in [5.74, 6) is 0. The molecule has 2 unspecified atom stereocenters. The summed E-state index contributed by atoms with van der Waals surface area (Å²) in [6, 6.07) is 0.239. The number of hydrogen-bond acceptors (Lipinski definition) is 2. The zero-order valence-electron chi connectivity index (χ0n) is 8.94. The molecule has 1 fully saturated rings. The molecule has 0 bridgehead atoms. The summed E-state index contributed by atoms with van der Waals surface area (Å²) >= 11 is 0. The third-order valence-electron chi connectivity index (χ3n) is 2.64. The van der Waals surface area contributed by atoms with Crippen LogP contribution in [-0.4, -0.2) is 31.5 Å². The van der Waals surface area contributed by atoms with Gasteiger partial charge in [-0.3, -0.25) is 0 Å². The van der Waals surface area contributed by atoms with Crippen LogP contribution in [0.15, 0.2) is 0 Å². The van der Waals surface area contributed by atoms with Crippen LogP contribution in [0.3, 0.4) is 0 Å². The monoisotopic (exact) mass is 225 g/mol. The maximum absolute atomic E-state index is 11.9. The van der Waals surface area contributed by atoms with Gasteiger partial charge < -0.3 is 10.1 Å². The average molecular weight is 225 g/mol. The van der Waals surface area contributed by atoms with Gasteiger partial charge in [-0.15, -0.1) is 0 Å². The van der Waals surface area contributed by atoms with E-state index in [1.54, 1.807) is 0 Å². The first kappa shape index (κ1) is 12.8. The van der Waals surface area contributed by atoms with Gasteiger partial charge in [0, 0.05) is 6.04 Å². The molecule has 2 nitrogen and oxygen atoms in total. The quantitative estimate of drug-likeness (QED) is 0.776. The van der Waals surface area contributed by atoms with Gasteiger partial charge in [0.25, 0.3) is 0 Å². The Hall–Kier alpha value is -0.290. The summed E-state index contributed by atoms with van der Waals surface area (Å²) in [5.41, 5.74) is 0. The molecule has 0 saturated heterocycles. The first-order chi connectivity index (χ1) is 7.03. The molecule has 1 aliphatic carbocycles. The Balaban J connectivity index is 2.20. The zero-order chi connectivity index (χ0) is 11.3. The standard InChI is InChI=1S/C10H18F3NO/c1-2-14-8-4-3-5-9(8)15-7-6-10(11,12)13/h8-9,14H,2-7H2,1H3. The Kier molecular flexibility index (Phi) is 4.86. The van der Waals surface area contributed by atoms with Crippen molar-refractivity contribution < 1.29 is 17.9 Å². The lowest BCUT2D eigenvalue weighted by Crippen LogP contribution is -2.37. The summed E-state index contributed by atoms with van der Waals surface area (Å²) < 4.78 is 40.9. The van der Waals surface area contributed by atoms with Crippen molar-refractivity contribution >= 4 is 0 Å². The molecule has 0 aromatic carbocycles. The first-order valence-corrected chi connectivity index (χ1v) is 5.44. The van der Waals surface area contributed by atoms with E-state index in [2.05, 4.69) is 5.32 Å². The van der Waals surface area contributed by atoms with Crippen LogP contribution in [0.1, 0.15) is 32.6 Å². The van der Waals surface area contributed by atoms with Crippen LogP contribution in [0, 0.1) is 0 Å². The van der Waals surface area contributed by atoms with E-state index in [1.807, 2.05) is 6.92 Å². The number of hydrogen-bond donors (Lipinski definition) is 1. The van der Waals surface area contributed by atoms with Crippen molar-refractivity contribution in [1.29, 1.82) is 0 Å². The second kappa shape index (κ2) is 5.70. The van der Waals surface area contributed by atoms with Gasteiger partial charge >= 0.3 is 6.18 Å². The summed E-state index contributed by atoms with van der Waals surface area (Å²) in [5, 5.41) is 3.24. The molecule has 1 aliphatic rings. The number of ether oxygens (including phenoxy) is 1. The Labute approximate surface area is 88.2 Å². The summed E-state index contributed by atoms with van der Waals surface area (Å²) in [7, 11) is 0. The fourth-order valence-corrected chi connectivity index (χ4v) is 1.95. The molecule has 1 saturated carbocycles. The van der Waals surface area contributed by atoms with Gasteiger partial charge in [0.05, 0.1) is 19.1 Å². The molecule has 15 heavy (non-hydrogen) atoms. The third kappa shape index (κ3) is 4.84. The van der Waals surface area contributed by atoms with Crippen LogP contribution >= 0.6 is 0 Å². The molecule has 0 aromatic heterocycles. The molecule has 1 N–H and O–H groups in total. The fourth-order valence-electron chi connectivity index (χ4n) is 1.95. The average Bonchev–Trinajstić information content (AvgIpc) is 2.51. The van der Waals surface area contributed by atoms with E-state index < -0.39 is 12.6 Å². The lowest BCUT2D eigenvalue weighted by atomic mass is 10.2. The van der Waals surface area contributed by atoms with E-state index in [0.717, 1.165) is 25.8 Å². The number of alkyl halides is 3. The maximum atomic E-state index is 11.9. The van der Waals surface area contributed by atoms with Crippen LogP contribution in [0.5, 0.6) is 0 Å². The van der Waals surface area contributed by atoms with E-state index >= 15 is 0 Å². The van der Waals surface area contributed by atoms with E-state index in [9.17, 15) is 13.2 Å².